The maximum atomic E-state index is 11.6. The van der Waals surface area contributed by atoms with E-state index >= 15 is 0 Å². The molecule has 0 aromatic rings. The first-order chi connectivity index (χ1) is 8.01. The maximum absolute atomic E-state index is 11.6. The van der Waals surface area contributed by atoms with E-state index in [-0.39, 0.29) is 11.9 Å². The fourth-order valence-electron chi connectivity index (χ4n) is 2.37. The Hall–Kier alpha value is -0.650. The third kappa shape index (κ3) is 3.94. The van der Waals surface area contributed by atoms with Gasteiger partial charge in [0.2, 0.25) is 5.91 Å². The molecule has 1 aliphatic heterocycles. The highest BCUT2D eigenvalue weighted by Crippen LogP contribution is 2.22. The zero-order chi connectivity index (χ0) is 12.9. The van der Waals surface area contributed by atoms with Gasteiger partial charge in [-0.05, 0) is 33.4 Å². The summed E-state index contributed by atoms with van der Waals surface area (Å²) >= 11 is 0. The Morgan fingerprint density at radius 3 is 2.82 bits per heavy atom. The molecule has 0 aromatic heterocycles. The molecule has 2 atom stereocenters. The van der Waals surface area contributed by atoms with Crippen molar-refractivity contribution in [2.75, 3.05) is 32.7 Å². The number of hydrogen-bond acceptors (Lipinski definition) is 4. The fraction of sp³-hybridized carbons (Fsp3) is 0.917. The van der Waals surface area contributed by atoms with Crippen LogP contribution in [0.25, 0.3) is 0 Å². The molecule has 100 valence electrons. The number of likely N-dealkylation sites (N-methyl/N-ethyl adjacent to an activating group) is 2. The first-order valence-corrected chi connectivity index (χ1v) is 6.45. The van der Waals surface area contributed by atoms with Crippen LogP contribution in [-0.2, 0) is 4.79 Å². The lowest BCUT2D eigenvalue weighted by atomic mass is 9.88. The SMILES string of the molecule is CCNC(=O)CN(CC)C1CNCCC1(C)O. The van der Waals surface area contributed by atoms with E-state index in [1.165, 1.54) is 0 Å². The molecule has 5 heteroatoms. The van der Waals surface area contributed by atoms with Crippen LogP contribution in [0.5, 0.6) is 0 Å². The van der Waals surface area contributed by atoms with Crippen molar-refractivity contribution in [3.05, 3.63) is 0 Å². The molecule has 3 N–H and O–H groups in total. The van der Waals surface area contributed by atoms with Gasteiger partial charge in [-0.1, -0.05) is 6.92 Å². The molecule has 2 unspecified atom stereocenters. The van der Waals surface area contributed by atoms with Crippen molar-refractivity contribution in [3.8, 4) is 0 Å². The molecule has 0 aromatic carbocycles. The molecule has 0 aliphatic carbocycles. The lowest BCUT2D eigenvalue weighted by molar-refractivity contribution is -0.125. The van der Waals surface area contributed by atoms with E-state index in [2.05, 4.69) is 10.6 Å². The third-order valence-electron chi connectivity index (χ3n) is 3.43. The Morgan fingerprint density at radius 2 is 2.29 bits per heavy atom. The molecule has 1 fully saturated rings. The number of carbonyl (C=O) groups is 1. The van der Waals surface area contributed by atoms with Crippen molar-refractivity contribution in [2.24, 2.45) is 0 Å². The highest BCUT2D eigenvalue weighted by atomic mass is 16.3. The number of hydrogen-bond donors (Lipinski definition) is 3. The van der Waals surface area contributed by atoms with Crippen molar-refractivity contribution >= 4 is 5.91 Å². The minimum absolute atomic E-state index is 0.00357. The normalized spacial score (nSPS) is 29.4. The second kappa shape index (κ2) is 6.33. The Labute approximate surface area is 104 Å². The largest absolute Gasteiger partial charge is 0.388 e. The third-order valence-corrected chi connectivity index (χ3v) is 3.43. The van der Waals surface area contributed by atoms with E-state index in [1.54, 1.807) is 0 Å². The van der Waals surface area contributed by atoms with Crippen LogP contribution >= 0.6 is 0 Å². The predicted molar refractivity (Wildman–Crippen MR) is 67.8 cm³/mol. The van der Waals surface area contributed by atoms with Gasteiger partial charge in [0.15, 0.2) is 0 Å². The summed E-state index contributed by atoms with van der Waals surface area (Å²) in [4.78, 5) is 13.7. The monoisotopic (exact) mass is 243 g/mol. The van der Waals surface area contributed by atoms with Crippen LogP contribution in [-0.4, -0.2) is 60.3 Å². The van der Waals surface area contributed by atoms with Crippen LogP contribution in [0.2, 0.25) is 0 Å². The number of amides is 1. The summed E-state index contributed by atoms with van der Waals surface area (Å²) in [5.41, 5.74) is -0.715. The number of aliphatic hydroxyl groups is 1. The standard InChI is InChI=1S/C12H25N3O2/c1-4-14-11(16)9-15(5-2)10-8-13-7-6-12(10,3)17/h10,13,17H,4-9H2,1-3H3,(H,14,16). The highest BCUT2D eigenvalue weighted by molar-refractivity contribution is 5.78. The molecule has 5 nitrogen and oxygen atoms in total. The molecule has 0 saturated carbocycles. The van der Waals surface area contributed by atoms with E-state index < -0.39 is 5.60 Å². The molecule has 17 heavy (non-hydrogen) atoms. The van der Waals surface area contributed by atoms with Crippen LogP contribution in [0, 0.1) is 0 Å². The molecular weight excluding hydrogens is 218 g/mol. The average Bonchev–Trinajstić information content (AvgIpc) is 2.26. The lowest BCUT2D eigenvalue weighted by Gasteiger charge is -2.43. The lowest BCUT2D eigenvalue weighted by Crippen LogP contribution is -2.61. The summed E-state index contributed by atoms with van der Waals surface area (Å²) in [5, 5.41) is 16.4. The summed E-state index contributed by atoms with van der Waals surface area (Å²) in [6, 6.07) is 0.00357. The summed E-state index contributed by atoms with van der Waals surface area (Å²) in [6.07, 6.45) is 0.726. The minimum atomic E-state index is -0.715. The van der Waals surface area contributed by atoms with Crippen molar-refractivity contribution in [1.29, 1.82) is 0 Å². The van der Waals surface area contributed by atoms with Gasteiger partial charge in [-0.3, -0.25) is 9.69 Å². The number of nitrogens with one attached hydrogen (secondary N) is 2. The fourth-order valence-corrected chi connectivity index (χ4v) is 2.37. The van der Waals surface area contributed by atoms with Crippen LogP contribution in [0.1, 0.15) is 27.2 Å². The molecule has 1 heterocycles. The topological polar surface area (TPSA) is 64.6 Å². The van der Waals surface area contributed by atoms with Crippen molar-refractivity contribution in [3.63, 3.8) is 0 Å². The van der Waals surface area contributed by atoms with E-state index in [4.69, 9.17) is 0 Å². The molecule has 1 saturated heterocycles. The van der Waals surface area contributed by atoms with Crippen molar-refractivity contribution < 1.29 is 9.90 Å². The molecule has 0 bridgehead atoms. The van der Waals surface area contributed by atoms with Gasteiger partial charge in [0.25, 0.3) is 0 Å². The zero-order valence-corrected chi connectivity index (χ0v) is 11.1. The Kier molecular flexibility index (Phi) is 5.36. The summed E-state index contributed by atoms with van der Waals surface area (Å²) in [7, 11) is 0. The average molecular weight is 243 g/mol. The molecule has 1 amide bonds. The smallest absolute Gasteiger partial charge is 0.234 e. The second-order valence-electron chi connectivity index (χ2n) is 4.84. The van der Waals surface area contributed by atoms with Gasteiger partial charge in [0, 0.05) is 13.1 Å². The van der Waals surface area contributed by atoms with E-state index in [9.17, 15) is 9.90 Å². The quantitative estimate of drug-likeness (QED) is 0.612. The molecule has 0 spiro atoms. The van der Waals surface area contributed by atoms with E-state index in [0.717, 1.165) is 26.1 Å². The van der Waals surface area contributed by atoms with Crippen LogP contribution in [0.4, 0.5) is 0 Å². The van der Waals surface area contributed by atoms with Crippen LogP contribution in [0.15, 0.2) is 0 Å². The van der Waals surface area contributed by atoms with Gasteiger partial charge < -0.3 is 15.7 Å². The first-order valence-electron chi connectivity index (χ1n) is 6.45. The number of nitrogens with zero attached hydrogens (tertiary/aromatic N) is 1. The van der Waals surface area contributed by atoms with Crippen LogP contribution < -0.4 is 10.6 Å². The summed E-state index contributed by atoms with van der Waals surface area (Å²) < 4.78 is 0. The molecule has 0 radical (unpaired) electrons. The predicted octanol–water partition coefficient (Wildman–Crippen LogP) is -0.443. The van der Waals surface area contributed by atoms with Gasteiger partial charge in [-0.2, -0.15) is 0 Å². The Balaban J connectivity index is 2.62. The van der Waals surface area contributed by atoms with Gasteiger partial charge >= 0.3 is 0 Å². The van der Waals surface area contributed by atoms with E-state index in [0.29, 0.717) is 13.1 Å². The van der Waals surface area contributed by atoms with Crippen LogP contribution in [0.3, 0.4) is 0 Å². The minimum Gasteiger partial charge on any atom is -0.388 e. The van der Waals surface area contributed by atoms with Gasteiger partial charge in [-0.25, -0.2) is 0 Å². The zero-order valence-electron chi connectivity index (χ0n) is 11.1. The van der Waals surface area contributed by atoms with Crippen molar-refractivity contribution in [1.82, 2.24) is 15.5 Å². The second-order valence-corrected chi connectivity index (χ2v) is 4.84. The summed E-state index contributed by atoms with van der Waals surface area (Å²) in [5.74, 6) is 0.0238. The maximum Gasteiger partial charge on any atom is 0.234 e. The highest BCUT2D eigenvalue weighted by Gasteiger charge is 2.38. The van der Waals surface area contributed by atoms with Gasteiger partial charge in [-0.15, -0.1) is 0 Å². The molecule has 1 rings (SSSR count). The van der Waals surface area contributed by atoms with E-state index in [1.807, 2.05) is 25.7 Å². The first kappa shape index (κ1) is 14.4. The van der Waals surface area contributed by atoms with Crippen molar-refractivity contribution in [2.45, 2.75) is 38.8 Å². The van der Waals surface area contributed by atoms with Gasteiger partial charge in [0.05, 0.1) is 18.2 Å². The van der Waals surface area contributed by atoms with Gasteiger partial charge in [0.1, 0.15) is 0 Å². The molecular formula is C12H25N3O2. The Bertz CT molecular complexity index is 256. The summed E-state index contributed by atoms with van der Waals surface area (Å²) in [6.45, 7) is 9.12. The number of piperidine rings is 1. The Morgan fingerprint density at radius 1 is 1.59 bits per heavy atom. The molecule has 1 aliphatic rings. The number of carbonyl (C=O) groups excluding carboxylic acids is 1. The number of rotatable bonds is 5.